The summed E-state index contributed by atoms with van der Waals surface area (Å²) in [6.07, 6.45) is 4.32. The van der Waals surface area contributed by atoms with Crippen molar-refractivity contribution >= 4 is 0 Å². The van der Waals surface area contributed by atoms with Crippen molar-refractivity contribution in [2.45, 2.75) is 26.3 Å². The first-order chi connectivity index (χ1) is 6.40. The summed E-state index contributed by atoms with van der Waals surface area (Å²) in [6.45, 7) is 4.33. The minimum Gasteiger partial charge on any atom is -0.311 e. The summed E-state index contributed by atoms with van der Waals surface area (Å²) in [5.41, 5.74) is 2.66. The van der Waals surface area contributed by atoms with Gasteiger partial charge in [-0.15, -0.1) is 0 Å². The highest BCUT2D eigenvalue weighted by atomic mass is 14.9. The molecule has 2 heteroatoms. The second-order valence-corrected chi connectivity index (χ2v) is 3.72. The lowest BCUT2D eigenvalue weighted by molar-refractivity contribution is 0.477. The molecule has 0 saturated carbocycles. The smallest absolute Gasteiger partial charge is 0.0573 e. The molecule has 0 amide bonds. The predicted octanol–water partition coefficient (Wildman–Crippen LogP) is 1.75. The summed E-state index contributed by atoms with van der Waals surface area (Å²) >= 11 is 0. The number of hydrogen-bond donors (Lipinski definition) is 1. The van der Waals surface area contributed by atoms with Gasteiger partial charge in [-0.05, 0) is 30.5 Å². The molecule has 0 aromatic carbocycles. The van der Waals surface area contributed by atoms with Gasteiger partial charge in [0.15, 0.2) is 0 Å². The van der Waals surface area contributed by atoms with Gasteiger partial charge in [0.2, 0.25) is 0 Å². The zero-order valence-corrected chi connectivity index (χ0v) is 8.09. The van der Waals surface area contributed by atoms with Crippen LogP contribution in [-0.4, -0.2) is 11.5 Å². The molecule has 0 bridgehead atoms. The summed E-state index contributed by atoms with van der Waals surface area (Å²) < 4.78 is 0. The molecule has 1 N–H and O–H groups in total. The number of rotatable bonds is 1. The molecule has 0 saturated heterocycles. The van der Waals surface area contributed by atoms with Crippen LogP contribution in [0.25, 0.3) is 0 Å². The topological polar surface area (TPSA) is 24.9 Å². The van der Waals surface area contributed by atoms with Gasteiger partial charge in [-0.2, -0.15) is 0 Å². The van der Waals surface area contributed by atoms with Crippen LogP contribution in [-0.2, 0) is 13.0 Å². The van der Waals surface area contributed by atoms with Crippen LogP contribution in [0, 0.1) is 5.92 Å². The van der Waals surface area contributed by atoms with Crippen molar-refractivity contribution in [3.8, 4) is 0 Å². The third-order valence-electron chi connectivity index (χ3n) is 2.80. The maximum atomic E-state index is 4.39. The van der Waals surface area contributed by atoms with Crippen molar-refractivity contribution < 1.29 is 0 Å². The Labute approximate surface area is 79.4 Å². The molecule has 1 aliphatic heterocycles. The largest absolute Gasteiger partial charge is 0.311 e. The van der Waals surface area contributed by atoms with E-state index in [1.807, 2.05) is 12.3 Å². The minimum absolute atomic E-state index is 0.783. The van der Waals surface area contributed by atoms with Crippen molar-refractivity contribution in [3.63, 3.8) is 0 Å². The molecule has 0 spiro atoms. The molecule has 1 aromatic heterocycles. The lowest BCUT2D eigenvalue weighted by Crippen LogP contribution is -2.19. The van der Waals surface area contributed by atoms with Gasteiger partial charge in [-0.1, -0.05) is 19.4 Å². The van der Waals surface area contributed by atoms with E-state index >= 15 is 0 Å². The van der Waals surface area contributed by atoms with Crippen LogP contribution in [0.15, 0.2) is 18.3 Å². The van der Waals surface area contributed by atoms with E-state index < -0.39 is 0 Å². The van der Waals surface area contributed by atoms with Crippen LogP contribution >= 0.6 is 0 Å². The van der Waals surface area contributed by atoms with E-state index in [1.165, 1.54) is 24.1 Å². The van der Waals surface area contributed by atoms with Crippen molar-refractivity contribution in [1.29, 1.82) is 0 Å². The Bertz CT molecular complexity index is 283. The van der Waals surface area contributed by atoms with Crippen LogP contribution in [0.1, 0.15) is 24.6 Å². The van der Waals surface area contributed by atoms with Gasteiger partial charge in [0.25, 0.3) is 0 Å². The molecule has 1 atom stereocenters. The van der Waals surface area contributed by atoms with E-state index in [-0.39, 0.29) is 0 Å². The van der Waals surface area contributed by atoms with Crippen LogP contribution < -0.4 is 5.32 Å². The van der Waals surface area contributed by atoms with Gasteiger partial charge in [0.1, 0.15) is 0 Å². The number of nitrogens with zero attached hydrogens (tertiary/aromatic N) is 1. The van der Waals surface area contributed by atoms with Crippen molar-refractivity contribution in [2.24, 2.45) is 5.92 Å². The molecular weight excluding hydrogens is 160 g/mol. The summed E-state index contributed by atoms with van der Waals surface area (Å²) in [4.78, 5) is 4.39. The fourth-order valence-corrected chi connectivity index (χ4v) is 1.88. The molecular formula is C11H16N2. The minimum atomic E-state index is 0.783. The van der Waals surface area contributed by atoms with Gasteiger partial charge in [0, 0.05) is 12.7 Å². The maximum absolute atomic E-state index is 4.39. The Morgan fingerprint density at radius 1 is 1.62 bits per heavy atom. The summed E-state index contributed by atoms with van der Waals surface area (Å²) in [5.74, 6) is 0.783. The fraction of sp³-hybridized carbons (Fsp3) is 0.545. The molecule has 70 valence electrons. The van der Waals surface area contributed by atoms with Crippen LogP contribution in [0.3, 0.4) is 0 Å². The first-order valence-corrected chi connectivity index (χ1v) is 5.03. The summed E-state index contributed by atoms with van der Waals surface area (Å²) in [6, 6.07) is 4.24. The van der Waals surface area contributed by atoms with Gasteiger partial charge in [-0.3, -0.25) is 4.98 Å². The lowest BCUT2D eigenvalue weighted by Gasteiger charge is -2.10. The normalized spacial score (nSPS) is 22.1. The Morgan fingerprint density at radius 2 is 2.54 bits per heavy atom. The van der Waals surface area contributed by atoms with Gasteiger partial charge < -0.3 is 5.32 Å². The third kappa shape index (κ3) is 1.89. The highest BCUT2D eigenvalue weighted by molar-refractivity contribution is 5.21. The fourth-order valence-electron chi connectivity index (χ4n) is 1.88. The molecule has 2 rings (SSSR count). The molecule has 2 nitrogen and oxygen atoms in total. The molecule has 0 radical (unpaired) electrons. The molecule has 2 heterocycles. The number of nitrogens with one attached hydrogen (secondary N) is 1. The highest BCUT2D eigenvalue weighted by Crippen LogP contribution is 2.17. The molecule has 0 unspecified atom stereocenters. The van der Waals surface area contributed by atoms with E-state index in [2.05, 4.69) is 23.3 Å². The van der Waals surface area contributed by atoms with E-state index in [9.17, 15) is 0 Å². The van der Waals surface area contributed by atoms with Crippen molar-refractivity contribution in [3.05, 3.63) is 29.6 Å². The van der Waals surface area contributed by atoms with Crippen molar-refractivity contribution in [2.75, 3.05) is 6.54 Å². The molecule has 1 aromatic rings. The first-order valence-electron chi connectivity index (χ1n) is 5.03. The third-order valence-corrected chi connectivity index (χ3v) is 2.80. The highest BCUT2D eigenvalue weighted by Gasteiger charge is 2.14. The SMILES string of the molecule is CC[C@H]1CNCc2ncccc2C1. The van der Waals surface area contributed by atoms with Crippen LogP contribution in [0.5, 0.6) is 0 Å². The first kappa shape index (κ1) is 8.70. The van der Waals surface area contributed by atoms with Crippen LogP contribution in [0.4, 0.5) is 0 Å². The average Bonchev–Trinajstić information content (AvgIpc) is 2.38. The average molecular weight is 176 g/mol. The standard InChI is InChI=1S/C11H16N2/c1-2-9-6-10-4-3-5-13-11(10)8-12-7-9/h3-5,9,12H,2,6-8H2,1H3/t9-/m1/s1. The molecule has 0 fully saturated rings. The number of aromatic nitrogens is 1. The molecule has 1 aliphatic rings. The van der Waals surface area contributed by atoms with Crippen molar-refractivity contribution in [1.82, 2.24) is 10.3 Å². The quantitative estimate of drug-likeness (QED) is 0.705. The Kier molecular flexibility index (Phi) is 2.60. The maximum Gasteiger partial charge on any atom is 0.0573 e. The summed E-state index contributed by atoms with van der Waals surface area (Å²) in [7, 11) is 0. The Morgan fingerprint density at radius 3 is 3.38 bits per heavy atom. The zero-order valence-electron chi connectivity index (χ0n) is 8.09. The van der Waals surface area contributed by atoms with Gasteiger partial charge in [0.05, 0.1) is 5.69 Å². The predicted molar refractivity (Wildman–Crippen MR) is 53.4 cm³/mol. The van der Waals surface area contributed by atoms with E-state index in [1.54, 1.807) is 0 Å². The monoisotopic (exact) mass is 176 g/mol. The van der Waals surface area contributed by atoms with Gasteiger partial charge in [-0.25, -0.2) is 0 Å². The zero-order chi connectivity index (χ0) is 9.10. The number of fused-ring (bicyclic) bond motifs is 1. The van der Waals surface area contributed by atoms with Gasteiger partial charge >= 0.3 is 0 Å². The van der Waals surface area contributed by atoms with E-state index in [4.69, 9.17) is 0 Å². The Hall–Kier alpha value is -0.890. The second kappa shape index (κ2) is 3.88. The van der Waals surface area contributed by atoms with Crippen LogP contribution in [0.2, 0.25) is 0 Å². The number of hydrogen-bond acceptors (Lipinski definition) is 2. The Balaban J connectivity index is 2.23. The lowest BCUT2D eigenvalue weighted by atomic mass is 9.98. The second-order valence-electron chi connectivity index (χ2n) is 3.72. The van der Waals surface area contributed by atoms with E-state index in [0.29, 0.717) is 0 Å². The summed E-state index contributed by atoms with van der Waals surface area (Å²) in [5, 5.41) is 3.44. The number of pyridine rings is 1. The molecule has 0 aliphatic carbocycles. The molecule has 13 heavy (non-hydrogen) atoms. The van der Waals surface area contributed by atoms with E-state index in [0.717, 1.165) is 19.0 Å².